The van der Waals surface area contributed by atoms with Crippen LogP contribution in [0.5, 0.6) is 5.88 Å². The first-order valence-electron chi connectivity index (χ1n) is 7.89. The summed E-state index contributed by atoms with van der Waals surface area (Å²) in [5, 5.41) is 3.20. The van der Waals surface area contributed by atoms with Crippen molar-refractivity contribution in [3.8, 4) is 5.88 Å². The standard InChI is InChI=1S/C17H29N3O/c1-17(2,3)15-10-13(12-18-4)11-16(19-15)21-9-8-20(5)14-6-7-14/h10-11,14,18H,6-9,12H2,1-5H3. The molecule has 1 fully saturated rings. The Labute approximate surface area is 128 Å². The summed E-state index contributed by atoms with van der Waals surface area (Å²) in [7, 11) is 4.13. The first-order valence-corrected chi connectivity index (χ1v) is 7.89. The summed E-state index contributed by atoms with van der Waals surface area (Å²) in [6.45, 7) is 9.05. The number of nitrogens with zero attached hydrogens (tertiary/aromatic N) is 2. The Morgan fingerprint density at radius 2 is 2.05 bits per heavy atom. The molecular weight excluding hydrogens is 262 g/mol. The van der Waals surface area contributed by atoms with Gasteiger partial charge in [-0.15, -0.1) is 0 Å². The molecule has 1 aliphatic carbocycles. The van der Waals surface area contributed by atoms with Crippen molar-refractivity contribution in [1.29, 1.82) is 0 Å². The average Bonchev–Trinajstić information content (AvgIpc) is 3.22. The minimum Gasteiger partial charge on any atom is -0.476 e. The number of ether oxygens (including phenoxy) is 1. The van der Waals surface area contributed by atoms with Crippen LogP contribution in [0.25, 0.3) is 0 Å². The van der Waals surface area contributed by atoms with E-state index in [9.17, 15) is 0 Å². The van der Waals surface area contributed by atoms with Gasteiger partial charge >= 0.3 is 0 Å². The van der Waals surface area contributed by atoms with Gasteiger partial charge in [-0.25, -0.2) is 4.98 Å². The zero-order chi connectivity index (χ0) is 15.5. The maximum atomic E-state index is 5.90. The van der Waals surface area contributed by atoms with Crippen LogP contribution < -0.4 is 10.1 Å². The second kappa shape index (κ2) is 6.75. The SMILES string of the molecule is CNCc1cc(OCCN(C)C2CC2)nc(C(C)(C)C)c1. The van der Waals surface area contributed by atoms with Crippen LogP contribution in [0.3, 0.4) is 0 Å². The van der Waals surface area contributed by atoms with Crippen molar-refractivity contribution in [3.05, 3.63) is 23.4 Å². The molecule has 0 radical (unpaired) electrons. The monoisotopic (exact) mass is 291 g/mol. The largest absolute Gasteiger partial charge is 0.476 e. The zero-order valence-electron chi connectivity index (χ0n) is 14.1. The summed E-state index contributed by atoms with van der Waals surface area (Å²) in [6, 6.07) is 4.99. The van der Waals surface area contributed by atoms with Gasteiger partial charge in [0.05, 0.1) is 5.69 Å². The number of rotatable bonds is 7. The lowest BCUT2D eigenvalue weighted by molar-refractivity contribution is 0.225. The van der Waals surface area contributed by atoms with Crippen LogP contribution in [0, 0.1) is 0 Å². The molecule has 1 N–H and O–H groups in total. The van der Waals surface area contributed by atoms with E-state index in [2.05, 4.69) is 49.1 Å². The van der Waals surface area contributed by atoms with Gasteiger partial charge in [-0.1, -0.05) is 20.8 Å². The van der Waals surface area contributed by atoms with Crippen LogP contribution in [0.1, 0.15) is 44.9 Å². The molecule has 0 atom stereocenters. The Bertz CT molecular complexity index is 464. The second-order valence-electron chi connectivity index (χ2n) is 7.04. The average molecular weight is 291 g/mol. The molecule has 2 rings (SSSR count). The van der Waals surface area contributed by atoms with Crippen molar-refractivity contribution in [2.45, 2.75) is 51.6 Å². The minimum atomic E-state index is 0.0344. The molecule has 0 saturated heterocycles. The third kappa shape index (κ3) is 4.97. The van der Waals surface area contributed by atoms with E-state index in [4.69, 9.17) is 4.74 Å². The maximum Gasteiger partial charge on any atom is 0.213 e. The van der Waals surface area contributed by atoms with Crippen molar-refractivity contribution < 1.29 is 4.74 Å². The normalized spacial score (nSPS) is 15.5. The number of likely N-dealkylation sites (N-methyl/N-ethyl adjacent to an activating group) is 1. The molecule has 21 heavy (non-hydrogen) atoms. The Hall–Kier alpha value is -1.13. The maximum absolute atomic E-state index is 5.90. The second-order valence-corrected chi connectivity index (χ2v) is 7.04. The van der Waals surface area contributed by atoms with Crippen LogP contribution in [0.15, 0.2) is 12.1 Å². The van der Waals surface area contributed by atoms with Gasteiger partial charge in [-0.2, -0.15) is 0 Å². The zero-order valence-corrected chi connectivity index (χ0v) is 14.1. The molecule has 1 saturated carbocycles. The van der Waals surface area contributed by atoms with Gasteiger partial charge in [0.2, 0.25) is 5.88 Å². The Morgan fingerprint density at radius 1 is 1.33 bits per heavy atom. The van der Waals surface area contributed by atoms with Crippen molar-refractivity contribution >= 4 is 0 Å². The number of aromatic nitrogens is 1. The van der Waals surface area contributed by atoms with Crippen molar-refractivity contribution in [2.24, 2.45) is 0 Å². The molecule has 1 aromatic rings. The summed E-state index contributed by atoms with van der Waals surface area (Å²) in [5.74, 6) is 0.747. The Morgan fingerprint density at radius 3 is 2.62 bits per heavy atom. The first-order chi connectivity index (χ1) is 9.90. The van der Waals surface area contributed by atoms with Crippen molar-refractivity contribution in [2.75, 3.05) is 27.2 Å². The fraction of sp³-hybridized carbons (Fsp3) is 0.706. The van der Waals surface area contributed by atoms with Gasteiger partial charge in [0.25, 0.3) is 0 Å². The van der Waals surface area contributed by atoms with Gasteiger partial charge in [0.1, 0.15) is 6.61 Å². The predicted octanol–water partition coefficient (Wildman–Crippen LogP) is 2.57. The lowest BCUT2D eigenvalue weighted by atomic mass is 9.91. The van der Waals surface area contributed by atoms with Gasteiger partial charge in [0, 0.05) is 30.6 Å². The van der Waals surface area contributed by atoms with E-state index in [-0.39, 0.29) is 5.41 Å². The smallest absolute Gasteiger partial charge is 0.213 e. The highest BCUT2D eigenvalue weighted by Gasteiger charge is 2.25. The van der Waals surface area contributed by atoms with E-state index in [0.29, 0.717) is 6.61 Å². The quantitative estimate of drug-likeness (QED) is 0.838. The minimum absolute atomic E-state index is 0.0344. The number of nitrogens with one attached hydrogen (secondary N) is 1. The molecule has 0 bridgehead atoms. The van der Waals surface area contributed by atoms with Crippen LogP contribution in [0.2, 0.25) is 0 Å². The van der Waals surface area contributed by atoms with Crippen LogP contribution >= 0.6 is 0 Å². The third-order valence-corrected chi connectivity index (χ3v) is 3.88. The molecule has 1 heterocycles. The molecule has 4 heteroatoms. The lowest BCUT2D eigenvalue weighted by Crippen LogP contribution is -2.26. The van der Waals surface area contributed by atoms with Crippen LogP contribution in [-0.4, -0.2) is 43.2 Å². The molecule has 118 valence electrons. The number of hydrogen-bond donors (Lipinski definition) is 1. The van der Waals surface area contributed by atoms with Crippen LogP contribution in [-0.2, 0) is 12.0 Å². The molecule has 0 spiro atoms. The predicted molar refractivity (Wildman–Crippen MR) is 86.8 cm³/mol. The summed E-state index contributed by atoms with van der Waals surface area (Å²) >= 11 is 0. The van der Waals surface area contributed by atoms with E-state index < -0.39 is 0 Å². The highest BCUT2D eigenvalue weighted by atomic mass is 16.5. The highest BCUT2D eigenvalue weighted by molar-refractivity contribution is 5.28. The third-order valence-electron chi connectivity index (χ3n) is 3.88. The van der Waals surface area contributed by atoms with Gasteiger partial charge in [-0.05, 0) is 38.6 Å². The molecule has 4 nitrogen and oxygen atoms in total. The van der Waals surface area contributed by atoms with Gasteiger partial charge in [0.15, 0.2) is 0 Å². The molecule has 0 aromatic carbocycles. The molecule has 0 unspecified atom stereocenters. The summed E-state index contributed by atoms with van der Waals surface area (Å²) in [4.78, 5) is 7.05. The Kier molecular flexibility index (Phi) is 5.22. The Balaban J connectivity index is 2.00. The van der Waals surface area contributed by atoms with Crippen LogP contribution in [0.4, 0.5) is 0 Å². The highest BCUT2D eigenvalue weighted by Crippen LogP contribution is 2.26. The van der Waals surface area contributed by atoms with E-state index >= 15 is 0 Å². The fourth-order valence-electron chi connectivity index (χ4n) is 2.32. The van der Waals surface area contributed by atoms with E-state index in [1.165, 1.54) is 18.4 Å². The molecule has 1 aliphatic rings. The van der Waals surface area contributed by atoms with Crippen molar-refractivity contribution in [3.63, 3.8) is 0 Å². The van der Waals surface area contributed by atoms with Gasteiger partial charge < -0.3 is 15.0 Å². The molecule has 0 aliphatic heterocycles. The summed E-state index contributed by atoms with van der Waals surface area (Å²) < 4.78 is 5.90. The van der Waals surface area contributed by atoms with Gasteiger partial charge in [-0.3, -0.25) is 0 Å². The number of hydrogen-bond acceptors (Lipinski definition) is 4. The summed E-state index contributed by atoms with van der Waals surface area (Å²) in [5.41, 5.74) is 2.34. The number of pyridine rings is 1. The molecule has 1 aromatic heterocycles. The van der Waals surface area contributed by atoms with Crippen molar-refractivity contribution in [1.82, 2.24) is 15.2 Å². The lowest BCUT2D eigenvalue weighted by Gasteiger charge is -2.21. The topological polar surface area (TPSA) is 37.4 Å². The molecular formula is C17H29N3O. The fourth-order valence-corrected chi connectivity index (χ4v) is 2.32. The van der Waals surface area contributed by atoms with E-state index in [1.54, 1.807) is 0 Å². The molecule has 0 amide bonds. The first kappa shape index (κ1) is 16.2. The van der Waals surface area contributed by atoms with E-state index in [1.807, 2.05) is 13.1 Å². The summed E-state index contributed by atoms with van der Waals surface area (Å²) in [6.07, 6.45) is 2.67. The van der Waals surface area contributed by atoms with E-state index in [0.717, 1.165) is 30.7 Å².